The van der Waals surface area contributed by atoms with Gasteiger partial charge in [0.2, 0.25) is 0 Å². The third-order valence-corrected chi connectivity index (χ3v) is 20.8. The lowest BCUT2D eigenvalue weighted by Gasteiger charge is -2.31. The molecule has 2 N–H and O–H groups in total. The van der Waals surface area contributed by atoms with Gasteiger partial charge in [-0.15, -0.1) is 0 Å². The lowest BCUT2D eigenvalue weighted by molar-refractivity contribution is 0.639. The summed E-state index contributed by atoms with van der Waals surface area (Å²) in [5.74, 6) is 0. The number of nitrogens with one attached hydrogen (secondary N) is 2. The number of hydrogen-bond acceptors (Lipinski definition) is 2. The van der Waals surface area contributed by atoms with Crippen molar-refractivity contribution < 1.29 is 0 Å². The highest BCUT2D eigenvalue weighted by Gasteiger charge is 2.34. The average molecular weight is 1200 g/mol. The van der Waals surface area contributed by atoms with Gasteiger partial charge in [0.15, 0.2) is 0 Å². The normalized spacial score (nSPS) is 15.1. The molecule has 0 fully saturated rings. The average Bonchev–Trinajstić information content (AvgIpc) is 1.34. The minimum Gasteiger partial charge on any atom is -0.355 e. The van der Waals surface area contributed by atoms with E-state index >= 15 is 0 Å². The SMILES string of the molecule is CC1(C)C=C(Nc2c3ccccc3c(NC3=CC(C)(C)C4=c5cc6c7ccccc7c7ccccc7c6cc5=CC4=C3)c3c(-c4ccc(-c5ccccc5)cc4)c(-c4ccc(-c5ccccc5)cc4)ccc23)C=C2C=c3cc4c5ccccc5c5ccccc5c4cc3=C21. The van der Waals surface area contributed by atoms with Gasteiger partial charge >= 0.3 is 0 Å². The molecule has 0 saturated carbocycles. The molecule has 0 saturated heterocycles. The second-order valence-electron chi connectivity index (χ2n) is 27.4. The third kappa shape index (κ3) is 8.35. The fourth-order valence-electron chi connectivity index (χ4n) is 16.8. The zero-order valence-electron chi connectivity index (χ0n) is 52.9. The highest BCUT2D eigenvalue weighted by molar-refractivity contribution is 6.28. The van der Waals surface area contributed by atoms with E-state index in [2.05, 4.69) is 342 Å². The first-order valence-electron chi connectivity index (χ1n) is 33.0. The van der Waals surface area contributed by atoms with Crippen LogP contribution in [0.1, 0.15) is 27.7 Å². The van der Waals surface area contributed by atoms with Crippen molar-refractivity contribution in [1.29, 1.82) is 0 Å². The Hall–Kier alpha value is -11.6. The van der Waals surface area contributed by atoms with Crippen LogP contribution >= 0.6 is 0 Å². The molecule has 0 amide bonds. The zero-order valence-corrected chi connectivity index (χ0v) is 52.9. The topological polar surface area (TPSA) is 24.1 Å². The van der Waals surface area contributed by atoms with Gasteiger partial charge < -0.3 is 10.6 Å². The van der Waals surface area contributed by atoms with Crippen LogP contribution in [-0.2, 0) is 0 Å². The summed E-state index contributed by atoms with van der Waals surface area (Å²) < 4.78 is 0. The maximum absolute atomic E-state index is 4.31. The number of benzene rings is 15. The first-order valence-corrected chi connectivity index (χ1v) is 33.0. The van der Waals surface area contributed by atoms with Gasteiger partial charge in [0.05, 0.1) is 11.4 Å². The summed E-state index contributed by atoms with van der Waals surface area (Å²) in [5, 5.41) is 33.8. The number of rotatable bonds is 8. The predicted molar refractivity (Wildman–Crippen MR) is 403 cm³/mol. The minimum atomic E-state index is -0.335. The number of anilines is 2. The van der Waals surface area contributed by atoms with E-state index in [9.17, 15) is 0 Å². The Bertz CT molecular complexity index is 6270. The molecule has 2 nitrogen and oxygen atoms in total. The zero-order chi connectivity index (χ0) is 62.6. The van der Waals surface area contributed by atoms with E-state index in [-0.39, 0.29) is 10.8 Å². The lowest BCUT2D eigenvalue weighted by atomic mass is 9.76. The summed E-state index contributed by atoms with van der Waals surface area (Å²) in [7, 11) is 0. The summed E-state index contributed by atoms with van der Waals surface area (Å²) in [4.78, 5) is 0. The monoisotopic (exact) mass is 1200 g/mol. The molecule has 0 spiro atoms. The minimum absolute atomic E-state index is 0.318. The van der Waals surface area contributed by atoms with Gasteiger partial charge in [-0.05, 0) is 201 Å². The van der Waals surface area contributed by atoms with Crippen molar-refractivity contribution in [2.24, 2.45) is 10.8 Å². The van der Waals surface area contributed by atoms with E-state index in [4.69, 9.17) is 0 Å². The predicted octanol–water partition coefficient (Wildman–Crippen LogP) is 21.4. The van der Waals surface area contributed by atoms with Gasteiger partial charge in [-0.3, -0.25) is 0 Å². The summed E-state index contributed by atoms with van der Waals surface area (Å²) >= 11 is 0. The van der Waals surface area contributed by atoms with Crippen LogP contribution in [0.25, 0.3) is 154 Å². The van der Waals surface area contributed by atoms with Crippen molar-refractivity contribution in [3.05, 3.63) is 335 Å². The van der Waals surface area contributed by atoms with Crippen LogP contribution in [0.4, 0.5) is 11.4 Å². The fourth-order valence-corrected chi connectivity index (χ4v) is 16.8. The first kappa shape index (κ1) is 54.2. The van der Waals surface area contributed by atoms with Crippen molar-refractivity contribution in [1.82, 2.24) is 0 Å². The van der Waals surface area contributed by atoms with E-state index < -0.39 is 0 Å². The molecule has 4 aliphatic carbocycles. The van der Waals surface area contributed by atoms with E-state index in [1.807, 2.05) is 0 Å². The Morgan fingerprint density at radius 2 is 0.585 bits per heavy atom. The lowest BCUT2D eigenvalue weighted by Crippen LogP contribution is -2.28. The molecule has 0 atom stereocenters. The second kappa shape index (κ2) is 20.5. The Morgan fingerprint density at radius 3 is 1.01 bits per heavy atom. The summed E-state index contributed by atoms with van der Waals surface area (Å²) in [6.45, 7) is 9.57. The van der Waals surface area contributed by atoms with Crippen molar-refractivity contribution in [2.75, 3.05) is 10.6 Å². The number of fused-ring (bicyclic) bond motifs is 18. The van der Waals surface area contributed by atoms with Crippen LogP contribution < -0.4 is 31.5 Å². The molecular weight excluding hydrogens is 1130 g/mol. The summed E-state index contributed by atoms with van der Waals surface area (Å²) in [6.07, 6.45) is 14.6. The van der Waals surface area contributed by atoms with E-state index in [0.717, 1.165) is 61.0 Å². The van der Waals surface area contributed by atoms with Gasteiger partial charge in [0, 0.05) is 43.8 Å². The van der Waals surface area contributed by atoms with Crippen LogP contribution in [0.5, 0.6) is 0 Å². The van der Waals surface area contributed by atoms with E-state index in [1.165, 1.54) is 136 Å². The third-order valence-electron chi connectivity index (χ3n) is 20.8. The Labute approximate surface area is 545 Å². The Balaban J connectivity index is 0.826. The standard InChI is InChI=1S/C92H64N2/c1-91(2)53-65(47-63-45-61-49-81-72-29-15-11-25-68(72)70-27-13-17-31-74(70)83(81)51-79(61)87(63)91)93-89-76-33-19-20-34-77(76)90(94-66-48-64-46-62-50-82-73-30-16-12-26-69(73)71-28-14-18-32-75(71)84(82)52-80(62)88(64)92(3,4)54-66)86-78(89)44-43-67(59-39-35-57(36-40-59)55-21-7-5-8-22-55)85(86)60-41-37-58(38-42-60)56-23-9-6-10-24-56/h5-54,93-94H,1-4H3. The molecule has 0 bridgehead atoms. The maximum atomic E-state index is 4.31. The second-order valence-corrected chi connectivity index (χ2v) is 27.4. The first-order chi connectivity index (χ1) is 46.1. The van der Waals surface area contributed by atoms with Gasteiger partial charge in [-0.1, -0.05) is 283 Å². The highest BCUT2D eigenvalue weighted by Crippen LogP contribution is 2.52. The van der Waals surface area contributed by atoms with E-state index in [1.54, 1.807) is 0 Å². The van der Waals surface area contributed by atoms with Crippen LogP contribution in [0.2, 0.25) is 0 Å². The van der Waals surface area contributed by atoms with Gasteiger partial charge in [-0.25, -0.2) is 0 Å². The van der Waals surface area contributed by atoms with Crippen LogP contribution in [-0.4, -0.2) is 0 Å². The van der Waals surface area contributed by atoms with Crippen molar-refractivity contribution >= 4 is 121 Å². The molecule has 0 radical (unpaired) electrons. The van der Waals surface area contributed by atoms with Gasteiger partial charge in [-0.2, -0.15) is 0 Å². The molecule has 94 heavy (non-hydrogen) atoms. The maximum Gasteiger partial charge on any atom is 0.0551 e. The highest BCUT2D eigenvalue weighted by atomic mass is 14.9. The van der Waals surface area contributed by atoms with Crippen LogP contribution in [0, 0.1) is 10.8 Å². The molecular formula is C92H64N2. The smallest absolute Gasteiger partial charge is 0.0551 e. The number of allylic oxidation sites excluding steroid dienone is 6. The van der Waals surface area contributed by atoms with Crippen LogP contribution in [0.15, 0.2) is 314 Å². The molecule has 0 aromatic heterocycles. The molecule has 19 rings (SSSR count). The summed E-state index contributed by atoms with van der Waals surface area (Å²) in [6, 6.07) is 99.3. The summed E-state index contributed by atoms with van der Waals surface area (Å²) in [5.41, 5.74) is 18.2. The quantitative estimate of drug-likeness (QED) is 0.0900. The molecule has 442 valence electrons. The molecule has 15 aromatic rings. The molecule has 15 aromatic carbocycles. The Kier molecular flexibility index (Phi) is 11.8. The number of hydrogen-bond donors (Lipinski definition) is 2. The van der Waals surface area contributed by atoms with Gasteiger partial charge in [0.1, 0.15) is 0 Å². The van der Waals surface area contributed by atoms with Crippen molar-refractivity contribution in [3.63, 3.8) is 0 Å². The van der Waals surface area contributed by atoms with Crippen LogP contribution in [0.3, 0.4) is 0 Å². The Morgan fingerprint density at radius 1 is 0.255 bits per heavy atom. The molecule has 0 aliphatic heterocycles. The van der Waals surface area contributed by atoms with E-state index in [0.29, 0.717) is 0 Å². The largest absolute Gasteiger partial charge is 0.355 e. The molecule has 0 heterocycles. The molecule has 0 unspecified atom stereocenters. The van der Waals surface area contributed by atoms with Crippen molar-refractivity contribution in [3.8, 4) is 44.5 Å². The molecule has 4 aliphatic rings. The van der Waals surface area contributed by atoms with Gasteiger partial charge in [0.25, 0.3) is 0 Å². The molecule has 2 heteroatoms. The fraction of sp³-hybridized carbons (Fsp3) is 0.0652. The van der Waals surface area contributed by atoms with Crippen molar-refractivity contribution in [2.45, 2.75) is 27.7 Å².